The van der Waals surface area contributed by atoms with Crippen molar-refractivity contribution in [2.24, 2.45) is 4.99 Å². The molecule has 0 aromatic heterocycles. The lowest BCUT2D eigenvalue weighted by molar-refractivity contribution is -0.0498. The Labute approximate surface area is 200 Å². The van der Waals surface area contributed by atoms with Crippen molar-refractivity contribution in [1.29, 1.82) is 0 Å². The fraction of sp³-hybridized carbons (Fsp3) is 0.435. The van der Waals surface area contributed by atoms with Crippen LogP contribution in [0, 0.1) is 0 Å². The molecule has 0 amide bonds. The fourth-order valence-corrected chi connectivity index (χ4v) is 3.81. The lowest BCUT2D eigenvalue weighted by Crippen LogP contribution is -2.51. The second-order valence-electron chi connectivity index (χ2n) is 7.62. The molecular formula is C23H31F2IN4O. The van der Waals surface area contributed by atoms with Crippen LogP contribution in [0.2, 0.25) is 0 Å². The zero-order valence-corrected chi connectivity index (χ0v) is 20.3. The van der Waals surface area contributed by atoms with E-state index in [1.807, 2.05) is 12.1 Å². The minimum Gasteiger partial charge on any atom is -0.435 e. The fourth-order valence-electron chi connectivity index (χ4n) is 3.81. The second-order valence-corrected chi connectivity index (χ2v) is 7.62. The number of hydrogen-bond acceptors (Lipinski definition) is 3. The maximum Gasteiger partial charge on any atom is 0.387 e. The quantitative estimate of drug-likeness (QED) is 0.304. The first-order valence-electron chi connectivity index (χ1n) is 10.3. The highest BCUT2D eigenvalue weighted by molar-refractivity contribution is 14.0. The molecule has 0 spiro atoms. The number of nitrogens with one attached hydrogen (secondary N) is 2. The van der Waals surface area contributed by atoms with Gasteiger partial charge in [-0.25, -0.2) is 0 Å². The van der Waals surface area contributed by atoms with Crippen LogP contribution in [0.1, 0.15) is 30.9 Å². The van der Waals surface area contributed by atoms with Gasteiger partial charge in [-0.1, -0.05) is 42.5 Å². The monoisotopic (exact) mass is 544 g/mol. The first-order valence-corrected chi connectivity index (χ1v) is 10.3. The number of alkyl halides is 2. The topological polar surface area (TPSA) is 48.9 Å². The highest BCUT2D eigenvalue weighted by Gasteiger charge is 2.25. The summed E-state index contributed by atoms with van der Waals surface area (Å²) in [5.74, 6) is 0.871. The molecule has 0 aliphatic carbocycles. The Morgan fingerprint density at radius 1 is 1.16 bits per heavy atom. The van der Waals surface area contributed by atoms with Gasteiger partial charge in [0.15, 0.2) is 5.96 Å². The van der Waals surface area contributed by atoms with Gasteiger partial charge in [-0.2, -0.15) is 8.78 Å². The summed E-state index contributed by atoms with van der Waals surface area (Å²) < 4.78 is 29.2. The molecule has 170 valence electrons. The van der Waals surface area contributed by atoms with E-state index in [2.05, 4.69) is 56.5 Å². The molecular weight excluding hydrogens is 513 g/mol. The van der Waals surface area contributed by atoms with Crippen molar-refractivity contribution in [2.45, 2.75) is 51.6 Å². The number of hydrogen-bond donors (Lipinski definition) is 2. The average Bonchev–Trinajstić information content (AvgIpc) is 2.73. The average molecular weight is 544 g/mol. The molecule has 0 saturated carbocycles. The van der Waals surface area contributed by atoms with Crippen molar-refractivity contribution in [1.82, 2.24) is 15.5 Å². The van der Waals surface area contributed by atoms with Crippen LogP contribution in [0.3, 0.4) is 0 Å². The van der Waals surface area contributed by atoms with Crippen molar-refractivity contribution in [3.8, 4) is 5.75 Å². The van der Waals surface area contributed by atoms with Gasteiger partial charge in [-0.05, 0) is 43.0 Å². The van der Waals surface area contributed by atoms with Crippen molar-refractivity contribution in [2.75, 3.05) is 13.6 Å². The van der Waals surface area contributed by atoms with Crippen molar-refractivity contribution >= 4 is 29.9 Å². The molecule has 5 nitrogen and oxygen atoms in total. The number of benzene rings is 2. The number of piperidine rings is 1. The molecule has 0 radical (unpaired) electrons. The largest absolute Gasteiger partial charge is 0.435 e. The van der Waals surface area contributed by atoms with Crippen molar-refractivity contribution in [3.05, 3.63) is 65.7 Å². The summed E-state index contributed by atoms with van der Waals surface area (Å²) in [6, 6.07) is 18.1. The molecule has 1 aliphatic heterocycles. The van der Waals surface area contributed by atoms with E-state index in [1.165, 1.54) is 11.6 Å². The molecule has 1 heterocycles. The number of likely N-dealkylation sites (tertiary alicyclic amines) is 1. The van der Waals surface area contributed by atoms with Gasteiger partial charge in [0.05, 0.1) is 0 Å². The molecule has 8 heteroatoms. The van der Waals surface area contributed by atoms with E-state index in [0.717, 1.165) is 31.5 Å². The SMILES string of the molecule is CN=C(NCc1cccc(OC(F)F)c1)NC1CCN(Cc2ccccc2)C(C)C1.I. The Hall–Kier alpha value is -1.94. The van der Waals surface area contributed by atoms with Gasteiger partial charge >= 0.3 is 6.61 Å². The zero-order valence-electron chi connectivity index (χ0n) is 17.9. The van der Waals surface area contributed by atoms with Crippen LogP contribution in [0.5, 0.6) is 5.75 Å². The van der Waals surface area contributed by atoms with Crippen LogP contribution in [-0.4, -0.2) is 43.1 Å². The highest BCUT2D eigenvalue weighted by atomic mass is 127. The first kappa shape index (κ1) is 25.3. The lowest BCUT2D eigenvalue weighted by atomic mass is 9.97. The Kier molecular flexibility index (Phi) is 10.5. The smallest absolute Gasteiger partial charge is 0.387 e. The van der Waals surface area contributed by atoms with Crippen LogP contribution in [0.25, 0.3) is 0 Å². The van der Waals surface area contributed by atoms with Gasteiger partial charge in [0.1, 0.15) is 5.75 Å². The van der Waals surface area contributed by atoms with E-state index in [4.69, 9.17) is 0 Å². The first-order chi connectivity index (χ1) is 14.5. The van der Waals surface area contributed by atoms with E-state index in [9.17, 15) is 8.78 Å². The predicted molar refractivity (Wildman–Crippen MR) is 131 cm³/mol. The van der Waals surface area contributed by atoms with Gasteiger partial charge in [0, 0.05) is 38.8 Å². The highest BCUT2D eigenvalue weighted by Crippen LogP contribution is 2.20. The third-order valence-corrected chi connectivity index (χ3v) is 5.39. The molecule has 2 N–H and O–H groups in total. The van der Waals surface area contributed by atoms with Crippen LogP contribution in [-0.2, 0) is 13.1 Å². The van der Waals surface area contributed by atoms with Crippen LogP contribution in [0.4, 0.5) is 8.78 Å². The van der Waals surface area contributed by atoms with E-state index in [1.54, 1.807) is 19.2 Å². The Balaban J connectivity index is 0.00000341. The summed E-state index contributed by atoms with van der Waals surface area (Å²) in [6.45, 7) is 1.91. The third kappa shape index (κ3) is 8.25. The van der Waals surface area contributed by atoms with E-state index >= 15 is 0 Å². The second kappa shape index (κ2) is 12.8. The number of ether oxygens (including phenoxy) is 1. The van der Waals surface area contributed by atoms with Crippen LogP contribution >= 0.6 is 24.0 Å². The molecule has 3 rings (SSSR count). The van der Waals surface area contributed by atoms with E-state index < -0.39 is 6.61 Å². The summed E-state index contributed by atoms with van der Waals surface area (Å²) in [4.78, 5) is 6.82. The summed E-state index contributed by atoms with van der Waals surface area (Å²) >= 11 is 0. The van der Waals surface area contributed by atoms with Gasteiger partial charge in [-0.15, -0.1) is 24.0 Å². The molecule has 31 heavy (non-hydrogen) atoms. The Bertz CT molecular complexity index is 822. The zero-order chi connectivity index (χ0) is 21.3. The van der Waals surface area contributed by atoms with Gasteiger partial charge < -0.3 is 15.4 Å². The van der Waals surface area contributed by atoms with Crippen LogP contribution in [0.15, 0.2) is 59.6 Å². The summed E-state index contributed by atoms with van der Waals surface area (Å²) in [6.07, 6.45) is 2.07. The Morgan fingerprint density at radius 2 is 1.90 bits per heavy atom. The number of halogens is 3. The maximum atomic E-state index is 12.4. The molecule has 1 saturated heterocycles. The summed E-state index contributed by atoms with van der Waals surface area (Å²) in [5, 5.41) is 6.76. The number of aliphatic imine (C=N–C) groups is 1. The summed E-state index contributed by atoms with van der Waals surface area (Å²) in [5.41, 5.74) is 2.19. The molecule has 1 fully saturated rings. The molecule has 2 aromatic carbocycles. The Morgan fingerprint density at radius 3 is 2.58 bits per heavy atom. The minimum absolute atomic E-state index is 0. The molecule has 2 unspecified atom stereocenters. The summed E-state index contributed by atoms with van der Waals surface area (Å²) in [7, 11) is 1.74. The van der Waals surface area contributed by atoms with E-state index in [-0.39, 0.29) is 29.7 Å². The van der Waals surface area contributed by atoms with Crippen molar-refractivity contribution < 1.29 is 13.5 Å². The standard InChI is InChI=1S/C23H30F2N4O.HI/c1-17-13-20(11-12-29(17)16-18-7-4-3-5-8-18)28-23(26-2)27-15-19-9-6-10-21(14-19)30-22(24)25;/h3-10,14,17,20,22H,11-13,15-16H2,1-2H3,(H2,26,27,28);1H. The predicted octanol–water partition coefficient (Wildman–Crippen LogP) is 4.62. The molecule has 2 aromatic rings. The molecule has 2 atom stereocenters. The lowest BCUT2D eigenvalue weighted by Gasteiger charge is -2.38. The van der Waals surface area contributed by atoms with Gasteiger partial charge in [0.2, 0.25) is 0 Å². The van der Waals surface area contributed by atoms with Gasteiger partial charge in [0.25, 0.3) is 0 Å². The normalized spacial score (nSPS) is 19.6. The van der Waals surface area contributed by atoms with Gasteiger partial charge in [-0.3, -0.25) is 9.89 Å². The number of guanidine groups is 1. The van der Waals surface area contributed by atoms with Crippen LogP contribution < -0.4 is 15.4 Å². The van der Waals surface area contributed by atoms with E-state index in [0.29, 0.717) is 24.6 Å². The third-order valence-electron chi connectivity index (χ3n) is 5.39. The molecule has 0 bridgehead atoms. The maximum absolute atomic E-state index is 12.4. The number of nitrogens with zero attached hydrogens (tertiary/aromatic N) is 2. The molecule has 1 aliphatic rings. The van der Waals surface area contributed by atoms with Crippen molar-refractivity contribution in [3.63, 3.8) is 0 Å². The minimum atomic E-state index is -2.82. The number of rotatable bonds is 7.